The molecule has 98 valence electrons. The largest absolute Gasteiger partial charge is 0.287 e. The molecule has 0 fully saturated rings. The first kappa shape index (κ1) is 12.2. The van der Waals surface area contributed by atoms with Gasteiger partial charge in [0.05, 0.1) is 0 Å². The lowest BCUT2D eigenvalue weighted by molar-refractivity contribution is 0.521. The fourth-order valence-electron chi connectivity index (χ4n) is 2.01. The number of hydrogen-bond donors (Lipinski definition) is 0. The maximum absolute atomic E-state index is 12.3. The number of aromatic nitrogens is 4. The fourth-order valence-corrected chi connectivity index (χ4v) is 3.11. The van der Waals surface area contributed by atoms with E-state index < -0.39 is 0 Å². The van der Waals surface area contributed by atoms with Crippen molar-refractivity contribution in [2.45, 2.75) is 33.2 Å². The number of unbranched alkanes of at least 4 members (excludes halogenated alkanes) is 1. The van der Waals surface area contributed by atoms with Crippen LogP contribution in [0.5, 0.6) is 0 Å². The zero-order chi connectivity index (χ0) is 13.4. The SMILES string of the molecule is CCCCn1nnc2c(sc3nc(C)ccc32)c1=O. The van der Waals surface area contributed by atoms with E-state index in [1.54, 1.807) is 0 Å². The Labute approximate surface area is 113 Å². The summed E-state index contributed by atoms with van der Waals surface area (Å²) in [6.45, 7) is 4.65. The van der Waals surface area contributed by atoms with Gasteiger partial charge in [-0.2, -0.15) is 0 Å². The van der Waals surface area contributed by atoms with Crippen LogP contribution >= 0.6 is 11.3 Å². The summed E-state index contributed by atoms with van der Waals surface area (Å²) in [4.78, 5) is 17.6. The molecule has 3 heterocycles. The van der Waals surface area contributed by atoms with E-state index in [1.165, 1.54) is 16.0 Å². The van der Waals surface area contributed by atoms with Gasteiger partial charge >= 0.3 is 0 Å². The van der Waals surface area contributed by atoms with Crippen molar-refractivity contribution in [3.05, 3.63) is 28.2 Å². The molecule has 0 aromatic carbocycles. The first-order chi connectivity index (χ1) is 9.20. The van der Waals surface area contributed by atoms with Gasteiger partial charge in [-0.3, -0.25) is 4.79 Å². The molecule has 0 amide bonds. The van der Waals surface area contributed by atoms with Crippen LogP contribution in [0.15, 0.2) is 16.9 Å². The second kappa shape index (κ2) is 4.70. The summed E-state index contributed by atoms with van der Waals surface area (Å²) >= 11 is 1.40. The highest BCUT2D eigenvalue weighted by Crippen LogP contribution is 2.28. The maximum atomic E-state index is 12.3. The monoisotopic (exact) mass is 274 g/mol. The van der Waals surface area contributed by atoms with Crippen molar-refractivity contribution >= 4 is 31.8 Å². The molecule has 0 atom stereocenters. The molecule has 0 spiro atoms. The number of rotatable bonds is 3. The van der Waals surface area contributed by atoms with Crippen molar-refractivity contribution in [2.75, 3.05) is 0 Å². The first-order valence-electron chi connectivity index (χ1n) is 6.34. The first-order valence-corrected chi connectivity index (χ1v) is 7.16. The molecule has 19 heavy (non-hydrogen) atoms. The van der Waals surface area contributed by atoms with Gasteiger partial charge in [0, 0.05) is 17.6 Å². The van der Waals surface area contributed by atoms with E-state index >= 15 is 0 Å². The van der Waals surface area contributed by atoms with Crippen molar-refractivity contribution in [3.8, 4) is 0 Å². The topological polar surface area (TPSA) is 60.7 Å². The minimum Gasteiger partial charge on any atom is -0.266 e. The molecule has 0 saturated heterocycles. The van der Waals surface area contributed by atoms with Gasteiger partial charge in [0.15, 0.2) is 0 Å². The molecule has 3 rings (SSSR count). The number of aryl methyl sites for hydroxylation is 2. The zero-order valence-electron chi connectivity index (χ0n) is 10.9. The van der Waals surface area contributed by atoms with Crippen LogP contribution in [-0.4, -0.2) is 20.0 Å². The number of fused-ring (bicyclic) bond motifs is 3. The Morgan fingerprint density at radius 2 is 2.21 bits per heavy atom. The van der Waals surface area contributed by atoms with Crippen LogP contribution in [0.4, 0.5) is 0 Å². The number of nitrogens with zero attached hydrogens (tertiary/aromatic N) is 4. The van der Waals surface area contributed by atoms with Crippen molar-refractivity contribution in [3.63, 3.8) is 0 Å². The van der Waals surface area contributed by atoms with E-state index in [1.807, 2.05) is 19.1 Å². The Balaban J connectivity index is 2.26. The summed E-state index contributed by atoms with van der Waals surface area (Å²) in [5.74, 6) is 0. The van der Waals surface area contributed by atoms with Crippen LogP contribution in [0.25, 0.3) is 20.4 Å². The number of thiophene rings is 1. The third kappa shape index (κ3) is 2.02. The van der Waals surface area contributed by atoms with Crippen molar-refractivity contribution in [2.24, 2.45) is 0 Å². The van der Waals surface area contributed by atoms with Gasteiger partial charge in [0.25, 0.3) is 5.56 Å². The van der Waals surface area contributed by atoms with E-state index in [9.17, 15) is 4.79 Å². The normalized spacial score (nSPS) is 11.5. The van der Waals surface area contributed by atoms with Gasteiger partial charge < -0.3 is 0 Å². The number of hydrogen-bond acceptors (Lipinski definition) is 5. The predicted octanol–water partition coefficient (Wildman–Crippen LogP) is 2.51. The quantitative estimate of drug-likeness (QED) is 0.736. The van der Waals surface area contributed by atoms with Gasteiger partial charge in [0.2, 0.25) is 0 Å². The molecule has 0 aliphatic heterocycles. The summed E-state index contributed by atoms with van der Waals surface area (Å²) in [5.41, 5.74) is 1.56. The predicted molar refractivity (Wildman–Crippen MR) is 76.6 cm³/mol. The van der Waals surface area contributed by atoms with Gasteiger partial charge in [-0.25, -0.2) is 9.67 Å². The Morgan fingerprint density at radius 3 is 3.00 bits per heavy atom. The third-order valence-corrected chi connectivity index (χ3v) is 4.15. The van der Waals surface area contributed by atoms with Crippen LogP contribution in [0, 0.1) is 6.92 Å². The fraction of sp³-hybridized carbons (Fsp3) is 0.385. The maximum Gasteiger partial charge on any atom is 0.287 e. The Morgan fingerprint density at radius 1 is 1.37 bits per heavy atom. The second-order valence-electron chi connectivity index (χ2n) is 4.56. The molecule has 0 N–H and O–H groups in total. The highest BCUT2D eigenvalue weighted by Gasteiger charge is 2.13. The molecule has 0 aliphatic rings. The van der Waals surface area contributed by atoms with Crippen LogP contribution in [-0.2, 0) is 6.54 Å². The smallest absolute Gasteiger partial charge is 0.266 e. The number of pyridine rings is 1. The summed E-state index contributed by atoms with van der Waals surface area (Å²) in [6.07, 6.45) is 1.96. The van der Waals surface area contributed by atoms with Gasteiger partial charge in [-0.05, 0) is 25.5 Å². The van der Waals surface area contributed by atoms with Gasteiger partial charge in [-0.15, -0.1) is 16.4 Å². The van der Waals surface area contributed by atoms with Crippen LogP contribution in [0.3, 0.4) is 0 Å². The molecule has 0 saturated carbocycles. The Kier molecular flexibility index (Phi) is 3.02. The molecule has 3 aromatic heterocycles. The molecule has 0 radical (unpaired) electrons. The van der Waals surface area contributed by atoms with E-state index in [0.717, 1.165) is 28.8 Å². The highest BCUT2D eigenvalue weighted by atomic mass is 32.1. The Hall–Kier alpha value is -1.82. The van der Waals surface area contributed by atoms with E-state index in [4.69, 9.17) is 0 Å². The lowest BCUT2D eigenvalue weighted by Gasteiger charge is -2.00. The summed E-state index contributed by atoms with van der Waals surface area (Å²) in [7, 11) is 0. The molecule has 5 nitrogen and oxygen atoms in total. The highest BCUT2D eigenvalue weighted by molar-refractivity contribution is 7.25. The van der Waals surface area contributed by atoms with Crippen molar-refractivity contribution in [1.82, 2.24) is 20.0 Å². The van der Waals surface area contributed by atoms with Crippen molar-refractivity contribution < 1.29 is 0 Å². The van der Waals surface area contributed by atoms with Crippen LogP contribution in [0.2, 0.25) is 0 Å². The van der Waals surface area contributed by atoms with Crippen LogP contribution < -0.4 is 5.56 Å². The standard InChI is InChI=1S/C13H14N4OS/c1-3-4-7-17-13(18)11-10(15-16-17)9-6-5-8(2)14-12(9)19-11/h5-6H,3-4,7H2,1-2H3. The lowest BCUT2D eigenvalue weighted by Crippen LogP contribution is -2.23. The Bertz CT molecular complexity index is 805. The summed E-state index contributed by atoms with van der Waals surface area (Å²) in [5, 5.41) is 9.13. The average molecular weight is 274 g/mol. The lowest BCUT2D eigenvalue weighted by atomic mass is 10.3. The van der Waals surface area contributed by atoms with Gasteiger partial charge in [-0.1, -0.05) is 18.6 Å². The molecule has 3 aromatic rings. The molecular formula is C13H14N4OS. The summed E-state index contributed by atoms with van der Waals surface area (Å²) < 4.78 is 2.10. The van der Waals surface area contributed by atoms with E-state index in [0.29, 0.717) is 16.8 Å². The molecule has 0 bridgehead atoms. The van der Waals surface area contributed by atoms with E-state index in [2.05, 4.69) is 22.2 Å². The molecule has 0 aliphatic carbocycles. The minimum absolute atomic E-state index is 0.0564. The molecular weight excluding hydrogens is 260 g/mol. The molecule has 6 heteroatoms. The summed E-state index contributed by atoms with van der Waals surface area (Å²) in [6, 6.07) is 3.89. The van der Waals surface area contributed by atoms with Crippen molar-refractivity contribution in [1.29, 1.82) is 0 Å². The van der Waals surface area contributed by atoms with Gasteiger partial charge in [0.1, 0.15) is 15.0 Å². The zero-order valence-corrected chi connectivity index (χ0v) is 11.7. The minimum atomic E-state index is -0.0564. The third-order valence-electron chi connectivity index (χ3n) is 3.07. The second-order valence-corrected chi connectivity index (χ2v) is 5.56. The average Bonchev–Trinajstić information content (AvgIpc) is 2.76. The van der Waals surface area contributed by atoms with Crippen LogP contribution in [0.1, 0.15) is 25.5 Å². The molecule has 0 unspecified atom stereocenters. The van der Waals surface area contributed by atoms with E-state index in [-0.39, 0.29) is 5.56 Å².